The Morgan fingerprint density at radius 3 is 2.41 bits per heavy atom. The van der Waals surface area contributed by atoms with Crippen LogP contribution in [-0.4, -0.2) is 0 Å². The van der Waals surface area contributed by atoms with Crippen LogP contribution in [0, 0.1) is 12.7 Å². The standard InChI is InChI=1S/C21H17Br2ClFNO/c1-13-5-6-17(10-20(13)24)26-11-15-8-18(22)21(19(23)9-15)27-12-14-3-2-4-16(25)7-14/h2-10,26H,11-12H2,1H3. The molecule has 0 amide bonds. The fourth-order valence-corrected chi connectivity index (χ4v) is 4.23. The van der Waals surface area contributed by atoms with Crippen molar-refractivity contribution in [2.24, 2.45) is 0 Å². The van der Waals surface area contributed by atoms with Gasteiger partial charge in [-0.2, -0.15) is 0 Å². The molecule has 0 fully saturated rings. The predicted molar refractivity (Wildman–Crippen MR) is 116 cm³/mol. The SMILES string of the molecule is Cc1ccc(NCc2cc(Br)c(OCc3cccc(F)c3)c(Br)c2)cc1Cl. The summed E-state index contributed by atoms with van der Waals surface area (Å²) in [5.74, 6) is 0.410. The number of anilines is 1. The second-order valence-electron chi connectivity index (χ2n) is 6.12. The summed E-state index contributed by atoms with van der Waals surface area (Å²) < 4.78 is 20.8. The molecule has 3 aromatic rings. The highest BCUT2D eigenvalue weighted by molar-refractivity contribution is 9.11. The van der Waals surface area contributed by atoms with Crippen LogP contribution < -0.4 is 10.1 Å². The molecule has 0 bridgehead atoms. The van der Waals surface area contributed by atoms with Crippen LogP contribution in [0.4, 0.5) is 10.1 Å². The Kier molecular flexibility index (Phi) is 6.79. The molecule has 0 spiro atoms. The zero-order chi connectivity index (χ0) is 19.4. The molecule has 0 unspecified atom stereocenters. The predicted octanol–water partition coefficient (Wildman–Crippen LogP) is 7.50. The van der Waals surface area contributed by atoms with Crippen molar-refractivity contribution >= 4 is 49.1 Å². The van der Waals surface area contributed by atoms with Gasteiger partial charge in [-0.15, -0.1) is 0 Å². The van der Waals surface area contributed by atoms with Gasteiger partial charge in [-0.25, -0.2) is 4.39 Å². The van der Waals surface area contributed by atoms with Crippen molar-refractivity contribution in [2.45, 2.75) is 20.1 Å². The minimum absolute atomic E-state index is 0.271. The van der Waals surface area contributed by atoms with Gasteiger partial charge in [0.2, 0.25) is 0 Å². The third kappa shape index (κ3) is 5.47. The minimum Gasteiger partial charge on any atom is -0.487 e. The van der Waals surface area contributed by atoms with Crippen molar-refractivity contribution < 1.29 is 9.13 Å². The van der Waals surface area contributed by atoms with E-state index in [9.17, 15) is 4.39 Å². The van der Waals surface area contributed by atoms with Gasteiger partial charge in [-0.05, 0) is 91.9 Å². The molecule has 0 atom stereocenters. The van der Waals surface area contributed by atoms with Crippen molar-refractivity contribution in [2.75, 3.05) is 5.32 Å². The fraction of sp³-hybridized carbons (Fsp3) is 0.143. The maximum absolute atomic E-state index is 13.3. The number of aryl methyl sites for hydroxylation is 1. The summed E-state index contributed by atoms with van der Waals surface area (Å²) in [6.45, 7) is 2.90. The first-order valence-electron chi connectivity index (χ1n) is 8.27. The highest BCUT2D eigenvalue weighted by atomic mass is 79.9. The highest BCUT2D eigenvalue weighted by Gasteiger charge is 2.10. The van der Waals surface area contributed by atoms with Crippen LogP contribution in [0.5, 0.6) is 5.75 Å². The number of halogens is 4. The van der Waals surface area contributed by atoms with Crippen molar-refractivity contribution in [1.82, 2.24) is 0 Å². The Balaban J connectivity index is 1.67. The lowest BCUT2D eigenvalue weighted by Crippen LogP contribution is -2.02. The van der Waals surface area contributed by atoms with Crippen molar-refractivity contribution in [3.05, 3.63) is 91.1 Å². The van der Waals surface area contributed by atoms with Gasteiger partial charge in [-0.1, -0.05) is 29.8 Å². The van der Waals surface area contributed by atoms with Crippen LogP contribution in [0.3, 0.4) is 0 Å². The number of hydrogen-bond donors (Lipinski definition) is 1. The largest absolute Gasteiger partial charge is 0.487 e. The number of hydrogen-bond acceptors (Lipinski definition) is 2. The Bertz CT molecular complexity index is 942. The summed E-state index contributed by atoms with van der Waals surface area (Å²) in [4.78, 5) is 0. The average Bonchev–Trinajstić information content (AvgIpc) is 2.62. The van der Waals surface area contributed by atoms with Crippen LogP contribution in [0.2, 0.25) is 5.02 Å². The van der Waals surface area contributed by atoms with Gasteiger partial charge in [0, 0.05) is 17.3 Å². The van der Waals surface area contributed by atoms with E-state index in [0.29, 0.717) is 12.3 Å². The third-order valence-corrected chi connectivity index (χ3v) is 5.58. The molecule has 1 N–H and O–H groups in total. The average molecular weight is 514 g/mol. The number of ether oxygens (including phenoxy) is 1. The molecule has 0 aliphatic carbocycles. The molecule has 6 heteroatoms. The monoisotopic (exact) mass is 511 g/mol. The molecule has 2 nitrogen and oxygen atoms in total. The van der Waals surface area contributed by atoms with Crippen LogP contribution >= 0.6 is 43.5 Å². The first kappa shape index (κ1) is 20.2. The van der Waals surface area contributed by atoms with Crippen LogP contribution in [0.1, 0.15) is 16.7 Å². The third-order valence-electron chi connectivity index (χ3n) is 4.00. The van der Waals surface area contributed by atoms with Crippen LogP contribution in [-0.2, 0) is 13.2 Å². The molecular weight excluding hydrogens is 496 g/mol. The molecule has 0 aliphatic rings. The summed E-state index contributed by atoms with van der Waals surface area (Å²) in [5.41, 5.74) is 3.86. The Morgan fingerprint density at radius 1 is 1.00 bits per heavy atom. The molecule has 0 radical (unpaired) electrons. The molecule has 140 valence electrons. The molecule has 0 aromatic heterocycles. The summed E-state index contributed by atoms with van der Waals surface area (Å²) in [6.07, 6.45) is 0. The number of nitrogens with one attached hydrogen (secondary N) is 1. The molecule has 0 saturated heterocycles. The van der Waals surface area contributed by atoms with Gasteiger partial charge in [0.15, 0.2) is 0 Å². The van der Waals surface area contributed by atoms with Gasteiger partial charge in [0.05, 0.1) is 8.95 Å². The van der Waals surface area contributed by atoms with Crippen LogP contribution in [0.25, 0.3) is 0 Å². The zero-order valence-electron chi connectivity index (χ0n) is 14.5. The summed E-state index contributed by atoms with van der Waals surface area (Å²) in [5, 5.41) is 4.10. The van der Waals surface area contributed by atoms with E-state index in [2.05, 4.69) is 37.2 Å². The molecule has 3 rings (SSSR count). The lowest BCUT2D eigenvalue weighted by molar-refractivity contribution is 0.301. The van der Waals surface area contributed by atoms with E-state index < -0.39 is 0 Å². The molecular formula is C21H17Br2ClFNO. The van der Waals surface area contributed by atoms with E-state index >= 15 is 0 Å². The maximum Gasteiger partial charge on any atom is 0.148 e. The van der Waals surface area contributed by atoms with E-state index in [1.807, 2.05) is 43.3 Å². The van der Waals surface area contributed by atoms with Crippen molar-refractivity contribution in [3.63, 3.8) is 0 Å². The van der Waals surface area contributed by atoms with Gasteiger partial charge >= 0.3 is 0 Å². The minimum atomic E-state index is -0.271. The molecule has 27 heavy (non-hydrogen) atoms. The molecule has 0 aliphatic heterocycles. The molecule has 3 aromatic carbocycles. The fourth-order valence-electron chi connectivity index (χ4n) is 2.54. The van der Waals surface area contributed by atoms with E-state index in [0.717, 1.165) is 36.3 Å². The number of benzene rings is 3. The first-order valence-corrected chi connectivity index (χ1v) is 10.2. The van der Waals surface area contributed by atoms with Gasteiger partial charge < -0.3 is 10.1 Å². The van der Waals surface area contributed by atoms with E-state index in [-0.39, 0.29) is 12.4 Å². The molecule has 0 saturated carbocycles. The van der Waals surface area contributed by atoms with E-state index in [1.165, 1.54) is 12.1 Å². The van der Waals surface area contributed by atoms with Crippen molar-refractivity contribution in [1.29, 1.82) is 0 Å². The Hall–Kier alpha value is -1.56. The lowest BCUT2D eigenvalue weighted by Gasteiger charge is -2.14. The topological polar surface area (TPSA) is 21.3 Å². The van der Waals surface area contributed by atoms with Crippen LogP contribution in [0.15, 0.2) is 63.5 Å². The lowest BCUT2D eigenvalue weighted by atomic mass is 10.2. The van der Waals surface area contributed by atoms with Gasteiger partial charge in [0.25, 0.3) is 0 Å². The zero-order valence-corrected chi connectivity index (χ0v) is 18.5. The van der Waals surface area contributed by atoms with E-state index in [1.54, 1.807) is 6.07 Å². The molecule has 0 heterocycles. The van der Waals surface area contributed by atoms with Gasteiger partial charge in [-0.3, -0.25) is 0 Å². The summed E-state index contributed by atoms with van der Waals surface area (Å²) >= 11 is 13.3. The Morgan fingerprint density at radius 2 is 1.74 bits per heavy atom. The quantitative estimate of drug-likeness (QED) is 0.368. The summed E-state index contributed by atoms with van der Waals surface area (Å²) in [7, 11) is 0. The van der Waals surface area contributed by atoms with E-state index in [4.69, 9.17) is 16.3 Å². The number of rotatable bonds is 6. The normalized spacial score (nSPS) is 10.7. The highest BCUT2D eigenvalue weighted by Crippen LogP contribution is 2.35. The first-order chi connectivity index (χ1) is 12.9. The maximum atomic E-state index is 13.3. The second kappa shape index (κ2) is 9.09. The van der Waals surface area contributed by atoms with Gasteiger partial charge in [0.1, 0.15) is 18.2 Å². The Labute approximate surface area is 180 Å². The smallest absolute Gasteiger partial charge is 0.148 e. The summed E-state index contributed by atoms with van der Waals surface area (Å²) in [6, 6.07) is 16.3. The van der Waals surface area contributed by atoms with Crippen molar-refractivity contribution in [3.8, 4) is 5.75 Å². The second-order valence-corrected chi connectivity index (χ2v) is 8.24.